The Hall–Kier alpha value is -2.72. The van der Waals surface area contributed by atoms with E-state index < -0.39 is 20.3 Å². The summed E-state index contributed by atoms with van der Waals surface area (Å²) >= 11 is 1.38. The fraction of sp³-hybridized carbons (Fsp3) is 0.621. The van der Waals surface area contributed by atoms with Crippen molar-refractivity contribution in [3.8, 4) is 0 Å². The van der Waals surface area contributed by atoms with Crippen molar-refractivity contribution in [1.29, 1.82) is 0 Å². The second kappa shape index (κ2) is 16.5. The molecule has 0 saturated carbocycles. The number of esters is 1. The Bertz CT molecular complexity index is 1110. The lowest BCUT2D eigenvalue weighted by atomic mass is 9.95. The Balaban J connectivity index is 2.32. The number of azide groups is 1. The maximum atomic E-state index is 13.2. The maximum Gasteiger partial charge on any atom is 0.358 e. The van der Waals surface area contributed by atoms with E-state index in [0.29, 0.717) is 11.4 Å². The molecule has 0 saturated heterocycles. The zero-order chi connectivity index (χ0) is 29.7. The molecule has 40 heavy (non-hydrogen) atoms. The summed E-state index contributed by atoms with van der Waals surface area (Å²) in [5.41, 5.74) is 10.2. The average Bonchev–Trinajstić information content (AvgIpc) is 3.47. The van der Waals surface area contributed by atoms with Crippen LogP contribution in [-0.4, -0.2) is 37.3 Å². The van der Waals surface area contributed by atoms with Crippen molar-refractivity contribution in [2.45, 2.75) is 104 Å². The number of aromatic nitrogens is 1. The maximum absolute atomic E-state index is 13.2. The molecule has 2 rings (SSSR count). The third-order valence-corrected chi connectivity index (χ3v) is 13.4. The van der Waals surface area contributed by atoms with Crippen LogP contribution in [-0.2, 0) is 20.6 Å². The van der Waals surface area contributed by atoms with Gasteiger partial charge in [0.1, 0.15) is 17.7 Å². The van der Waals surface area contributed by atoms with Gasteiger partial charge in [0.05, 0.1) is 6.10 Å². The summed E-state index contributed by atoms with van der Waals surface area (Å²) < 4.78 is 12.4. The van der Waals surface area contributed by atoms with E-state index in [1.54, 1.807) is 5.38 Å². The molecule has 2 aromatic rings. The molecule has 0 aliphatic heterocycles. The summed E-state index contributed by atoms with van der Waals surface area (Å²) in [5, 5.41) is 9.35. The first-order valence-corrected chi connectivity index (χ1v) is 17.7. The number of rotatable bonds is 17. The first kappa shape index (κ1) is 33.5. The number of carbonyl (C=O) groups is 2. The fourth-order valence-electron chi connectivity index (χ4n) is 4.53. The van der Waals surface area contributed by atoms with E-state index in [1.807, 2.05) is 58.0 Å². The van der Waals surface area contributed by atoms with Gasteiger partial charge < -0.3 is 14.5 Å². The van der Waals surface area contributed by atoms with Gasteiger partial charge in [0.25, 0.3) is 0 Å². The molecule has 1 amide bonds. The van der Waals surface area contributed by atoms with E-state index in [1.165, 1.54) is 11.3 Å². The van der Waals surface area contributed by atoms with Crippen molar-refractivity contribution in [3.63, 3.8) is 0 Å². The molecular formula is C29H45N5O4SSi. The van der Waals surface area contributed by atoms with Crippen LogP contribution in [0, 0.1) is 11.8 Å². The van der Waals surface area contributed by atoms with Crippen LogP contribution in [0.3, 0.4) is 0 Å². The van der Waals surface area contributed by atoms with E-state index in [2.05, 4.69) is 41.1 Å². The Labute approximate surface area is 243 Å². The predicted octanol–water partition coefficient (Wildman–Crippen LogP) is 7.82. The Morgan fingerprint density at radius 2 is 1.75 bits per heavy atom. The van der Waals surface area contributed by atoms with E-state index in [9.17, 15) is 9.59 Å². The highest BCUT2D eigenvalue weighted by molar-refractivity contribution is 7.09. The Morgan fingerprint density at radius 1 is 1.10 bits per heavy atom. The number of amides is 1. The summed E-state index contributed by atoms with van der Waals surface area (Å²) in [4.78, 5) is 33.6. The lowest BCUT2D eigenvalue weighted by Gasteiger charge is -2.35. The van der Waals surface area contributed by atoms with Gasteiger partial charge >= 0.3 is 5.97 Å². The molecule has 1 aromatic carbocycles. The normalized spacial score (nSPS) is 14.6. The molecule has 9 nitrogen and oxygen atoms in total. The minimum atomic E-state index is -2.07. The van der Waals surface area contributed by atoms with Crippen LogP contribution in [0.1, 0.15) is 88.5 Å². The lowest BCUT2D eigenvalue weighted by molar-refractivity contribution is -0.124. The third kappa shape index (κ3) is 9.44. The molecule has 1 aromatic heterocycles. The van der Waals surface area contributed by atoms with Crippen LogP contribution < -0.4 is 5.32 Å². The largest absolute Gasteiger partial charge is 0.456 e. The first-order valence-electron chi connectivity index (χ1n) is 14.3. The number of carbonyl (C=O) groups excluding carboxylic acids is 2. The molecular weight excluding hydrogens is 543 g/mol. The number of thiazole rings is 1. The number of nitrogens with zero attached hydrogens (tertiary/aromatic N) is 4. The zero-order valence-electron chi connectivity index (χ0n) is 24.9. The van der Waals surface area contributed by atoms with E-state index >= 15 is 0 Å². The summed E-state index contributed by atoms with van der Waals surface area (Å²) in [6.45, 7) is 14.7. The van der Waals surface area contributed by atoms with Gasteiger partial charge in [-0.05, 0) is 47.5 Å². The molecule has 0 unspecified atom stereocenters. The third-order valence-electron chi connectivity index (χ3n) is 7.77. The number of benzene rings is 1. The van der Waals surface area contributed by atoms with E-state index in [0.717, 1.165) is 30.1 Å². The van der Waals surface area contributed by atoms with Gasteiger partial charge in [0.15, 0.2) is 14.0 Å². The van der Waals surface area contributed by atoms with Crippen LogP contribution in [0.4, 0.5) is 0 Å². The van der Waals surface area contributed by atoms with Crippen molar-refractivity contribution in [2.24, 2.45) is 17.0 Å². The number of hydrogen-bond donors (Lipinski definition) is 1. The van der Waals surface area contributed by atoms with Crippen molar-refractivity contribution in [3.05, 3.63) is 62.4 Å². The monoisotopic (exact) mass is 587 g/mol. The topological polar surface area (TPSA) is 126 Å². The van der Waals surface area contributed by atoms with Crippen molar-refractivity contribution in [1.82, 2.24) is 10.3 Å². The van der Waals surface area contributed by atoms with Gasteiger partial charge in [0, 0.05) is 16.3 Å². The average molecular weight is 588 g/mol. The molecule has 1 heterocycles. The number of hydrogen-bond acceptors (Lipinski definition) is 7. The van der Waals surface area contributed by atoms with Crippen LogP contribution in [0.2, 0.25) is 18.1 Å². The molecule has 0 aliphatic rings. The smallest absolute Gasteiger partial charge is 0.358 e. The van der Waals surface area contributed by atoms with Crippen LogP contribution in [0.5, 0.6) is 0 Å². The fourth-order valence-corrected chi connectivity index (χ4v) is 8.25. The van der Waals surface area contributed by atoms with Gasteiger partial charge in [-0.2, -0.15) is 0 Å². The molecule has 0 aliphatic carbocycles. The van der Waals surface area contributed by atoms with Crippen molar-refractivity contribution in [2.75, 3.05) is 0 Å². The number of nitrogens with one attached hydrogen (secondary N) is 1. The van der Waals surface area contributed by atoms with Gasteiger partial charge in [-0.15, -0.1) is 11.3 Å². The quantitative estimate of drug-likeness (QED) is 0.0664. The summed E-state index contributed by atoms with van der Waals surface area (Å²) in [7, 11) is -2.07. The molecule has 0 fully saturated rings. The summed E-state index contributed by atoms with van der Waals surface area (Å²) in [5.74, 6) is -0.747. The second-order valence-electron chi connectivity index (χ2n) is 10.6. The minimum absolute atomic E-state index is 0.0838. The standard InChI is InChI=1S/C29H45N5O4SSi/c1-8-21(7)26(33-34-30)27(35)31-23(20(5)6)17-25(38-40(9-2,10-3)11-4)28-32-24(19-39-28)29(36)37-18-22-15-13-12-14-16-22/h12-16,19-21,23,25-26H,8-11,17-18H2,1-7H3,(H,31,35)/t21-,23+,25+,26-/m0/s1. The zero-order valence-corrected chi connectivity index (χ0v) is 26.7. The second-order valence-corrected chi connectivity index (χ2v) is 16.2. The summed E-state index contributed by atoms with van der Waals surface area (Å²) in [6, 6.07) is 11.4. The van der Waals surface area contributed by atoms with Gasteiger partial charge in [-0.3, -0.25) is 4.79 Å². The molecule has 220 valence electrons. The molecule has 0 bridgehead atoms. The Morgan fingerprint density at radius 3 is 2.30 bits per heavy atom. The van der Waals surface area contributed by atoms with Gasteiger partial charge in [-0.25, -0.2) is 9.78 Å². The van der Waals surface area contributed by atoms with Crippen molar-refractivity contribution < 1.29 is 18.8 Å². The van der Waals surface area contributed by atoms with Crippen LogP contribution in [0.15, 0.2) is 40.8 Å². The molecule has 1 N–H and O–H groups in total. The molecule has 0 radical (unpaired) electrons. The highest BCUT2D eigenvalue weighted by Gasteiger charge is 2.36. The first-order chi connectivity index (χ1) is 19.1. The highest BCUT2D eigenvalue weighted by Crippen LogP contribution is 2.35. The summed E-state index contributed by atoms with van der Waals surface area (Å²) in [6.07, 6.45) is 0.823. The van der Waals surface area contributed by atoms with Crippen molar-refractivity contribution >= 4 is 31.5 Å². The van der Waals surface area contributed by atoms with E-state index in [-0.39, 0.29) is 42.2 Å². The molecule has 11 heteroatoms. The van der Waals surface area contributed by atoms with Crippen LogP contribution in [0.25, 0.3) is 10.4 Å². The van der Waals surface area contributed by atoms with Gasteiger partial charge in [-0.1, -0.05) is 90.3 Å². The Kier molecular flexibility index (Phi) is 13.8. The van der Waals surface area contributed by atoms with Gasteiger partial charge in [0.2, 0.25) is 5.91 Å². The molecule has 4 atom stereocenters. The lowest BCUT2D eigenvalue weighted by Crippen LogP contribution is -2.47. The number of ether oxygens (including phenoxy) is 1. The molecule has 0 spiro atoms. The van der Waals surface area contributed by atoms with Crippen LogP contribution >= 0.6 is 11.3 Å². The minimum Gasteiger partial charge on any atom is -0.456 e. The van der Waals surface area contributed by atoms with E-state index in [4.69, 9.17) is 14.7 Å². The SMILES string of the molecule is CC[C@H](C)[C@H](N=[N+]=[N-])C(=O)N[C@H](C[C@@H](O[Si](CC)(CC)CC)c1nc(C(=O)OCc2ccccc2)cs1)C(C)C. The predicted molar refractivity (Wildman–Crippen MR) is 162 cm³/mol. The highest BCUT2D eigenvalue weighted by atomic mass is 32.1.